The van der Waals surface area contributed by atoms with Gasteiger partial charge in [0.2, 0.25) is 0 Å². The van der Waals surface area contributed by atoms with Crippen molar-refractivity contribution in [2.24, 2.45) is 5.92 Å². The highest BCUT2D eigenvalue weighted by molar-refractivity contribution is 6.21. The molecule has 1 aliphatic rings. The van der Waals surface area contributed by atoms with Crippen LogP contribution >= 0.6 is 11.6 Å². The van der Waals surface area contributed by atoms with E-state index in [9.17, 15) is 0 Å². The van der Waals surface area contributed by atoms with E-state index >= 15 is 0 Å². The second-order valence-corrected chi connectivity index (χ2v) is 4.60. The topological polar surface area (TPSA) is 27.7 Å². The largest absolute Gasteiger partial charge is 0.497 e. The third-order valence-electron chi connectivity index (χ3n) is 3.12. The van der Waals surface area contributed by atoms with E-state index in [0.29, 0.717) is 5.92 Å². The summed E-state index contributed by atoms with van der Waals surface area (Å²) in [4.78, 5) is 0. The first-order chi connectivity index (χ1) is 8.26. The molecule has 1 fully saturated rings. The Morgan fingerprint density at radius 2 is 2.18 bits per heavy atom. The molecular formula is C13H17ClO3. The molecule has 2 atom stereocenters. The van der Waals surface area contributed by atoms with Gasteiger partial charge >= 0.3 is 0 Å². The number of benzene rings is 1. The van der Waals surface area contributed by atoms with Gasteiger partial charge in [-0.2, -0.15) is 0 Å². The van der Waals surface area contributed by atoms with E-state index in [-0.39, 0.29) is 5.38 Å². The zero-order valence-corrected chi connectivity index (χ0v) is 10.9. The SMILES string of the molecule is COc1ccc(C(Cl)C2CCOC2)c(OC)c1. The van der Waals surface area contributed by atoms with Gasteiger partial charge in [0, 0.05) is 24.2 Å². The first-order valence-corrected chi connectivity index (χ1v) is 6.13. The van der Waals surface area contributed by atoms with Gasteiger partial charge in [0.1, 0.15) is 11.5 Å². The lowest BCUT2D eigenvalue weighted by Gasteiger charge is -2.19. The van der Waals surface area contributed by atoms with E-state index in [0.717, 1.165) is 36.7 Å². The standard InChI is InChI=1S/C13H17ClO3/c1-15-10-3-4-11(12(7-10)16-2)13(14)9-5-6-17-8-9/h3-4,7,9,13H,5-6,8H2,1-2H3. The van der Waals surface area contributed by atoms with E-state index in [1.54, 1.807) is 14.2 Å². The molecule has 0 spiro atoms. The lowest BCUT2D eigenvalue weighted by atomic mass is 9.97. The van der Waals surface area contributed by atoms with E-state index in [1.165, 1.54) is 0 Å². The highest BCUT2D eigenvalue weighted by Gasteiger charge is 2.27. The molecule has 94 valence electrons. The Hall–Kier alpha value is -0.930. The second kappa shape index (κ2) is 5.61. The summed E-state index contributed by atoms with van der Waals surface area (Å²) < 4.78 is 15.9. The zero-order valence-electron chi connectivity index (χ0n) is 10.1. The van der Waals surface area contributed by atoms with Crippen LogP contribution in [0, 0.1) is 5.92 Å². The van der Waals surface area contributed by atoms with Crippen molar-refractivity contribution in [2.75, 3.05) is 27.4 Å². The lowest BCUT2D eigenvalue weighted by Crippen LogP contribution is -2.09. The van der Waals surface area contributed by atoms with Crippen LogP contribution in [0.15, 0.2) is 18.2 Å². The Morgan fingerprint density at radius 1 is 1.35 bits per heavy atom. The minimum atomic E-state index is -0.0710. The minimum Gasteiger partial charge on any atom is -0.497 e. The monoisotopic (exact) mass is 256 g/mol. The van der Waals surface area contributed by atoms with Crippen LogP contribution in [0.1, 0.15) is 17.4 Å². The average Bonchev–Trinajstić information content (AvgIpc) is 2.91. The number of halogens is 1. The first kappa shape index (κ1) is 12.5. The third-order valence-corrected chi connectivity index (χ3v) is 3.71. The van der Waals surface area contributed by atoms with Crippen molar-refractivity contribution in [1.82, 2.24) is 0 Å². The Balaban J connectivity index is 2.23. The van der Waals surface area contributed by atoms with Crippen molar-refractivity contribution in [3.05, 3.63) is 23.8 Å². The van der Waals surface area contributed by atoms with Crippen LogP contribution in [0.4, 0.5) is 0 Å². The lowest BCUT2D eigenvalue weighted by molar-refractivity contribution is 0.185. The number of rotatable bonds is 4. The molecule has 1 saturated heterocycles. The summed E-state index contributed by atoms with van der Waals surface area (Å²) in [5, 5.41) is -0.0710. The van der Waals surface area contributed by atoms with Gasteiger partial charge in [-0.1, -0.05) is 6.07 Å². The zero-order chi connectivity index (χ0) is 12.3. The third kappa shape index (κ3) is 2.67. The summed E-state index contributed by atoms with van der Waals surface area (Å²) in [5.74, 6) is 1.91. The van der Waals surface area contributed by atoms with Crippen molar-refractivity contribution < 1.29 is 14.2 Å². The fourth-order valence-corrected chi connectivity index (χ4v) is 2.46. The van der Waals surface area contributed by atoms with Crippen LogP contribution in [-0.2, 0) is 4.74 Å². The van der Waals surface area contributed by atoms with Gasteiger partial charge in [0.05, 0.1) is 26.2 Å². The molecule has 0 radical (unpaired) electrons. The van der Waals surface area contributed by atoms with Crippen molar-refractivity contribution in [3.63, 3.8) is 0 Å². The molecule has 2 unspecified atom stereocenters. The number of methoxy groups -OCH3 is 2. The molecule has 2 rings (SSSR count). The maximum absolute atomic E-state index is 6.49. The molecule has 17 heavy (non-hydrogen) atoms. The smallest absolute Gasteiger partial charge is 0.127 e. The van der Waals surface area contributed by atoms with Gasteiger partial charge in [-0.15, -0.1) is 11.6 Å². The van der Waals surface area contributed by atoms with Gasteiger partial charge in [-0.3, -0.25) is 0 Å². The van der Waals surface area contributed by atoms with Crippen LogP contribution in [0.5, 0.6) is 11.5 Å². The van der Waals surface area contributed by atoms with E-state index in [4.69, 9.17) is 25.8 Å². The second-order valence-electron chi connectivity index (χ2n) is 4.13. The highest BCUT2D eigenvalue weighted by atomic mass is 35.5. The molecule has 0 aromatic heterocycles. The van der Waals surface area contributed by atoms with Gasteiger partial charge in [0.15, 0.2) is 0 Å². The summed E-state index contributed by atoms with van der Waals surface area (Å²) in [6, 6.07) is 5.73. The maximum atomic E-state index is 6.49. The van der Waals surface area contributed by atoms with Crippen LogP contribution in [-0.4, -0.2) is 27.4 Å². The van der Waals surface area contributed by atoms with Gasteiger partial charge in [-0.25, -0.2) is 0 Å². The normalized spacial score (nSPS) is 21.2. The molecule has 1 aromatic rings. The van der Waals surface area contributed by atoms with E-state index in [2.05, 4.69) is 0 Å². The van der Waals surface area contributed by atoms with Crippen molar-refractivity contribution in [1.29, 1.82) is 0 Å². The van der Waals surface area contributed by atoms with Gasteiger partial charge < -0.3 is 14.2 Å². The Kier molecular flexibility index (Phi) is 4.13. The number of ether oxygens (including phenoxy) is 3. The molecule has 0 N–H and O–H groups in total. The van der Waals surface area contributed by atoms with Gasteiger partial charge in [0.25, 0.3) is 0 Å². The molecule has 3 nitrogen and oxygen atoms in total. The fraction of sp³-hybridized carbons (Fsp3) is 0.538. The van der Waals surface area contributed by atoms with Crippen molar-refractivity contribution in [2.45, 2.75) is 11.8 Å². The average molecular weight is 257 g/mol. The molecule has 0 amide bonds. The molecule has 4 heteroatoms. The molecule has 0 bridgehead atoms. The van der Waals surface area contributed by atoms with Crippen molar-refractivity contribution in [3.8, 4) is 11.5 Å². The molecule has 1 aromatic carbocycles. The summed E-state index contributed by atoms with van der Waals surface area (Å²) in [6.07, 6.45) is 1.00. The maximum Gasteiger partial charge on any atom is 0.127 e. The molecular weight excluding hydrogens is 240 g/mol. The number of hydrogen-bond acceptors (Lipinski definition) is 3. The Bertz CT molecular complexity index is 375. The Morgan fingerprint density at radius 3 is 2.76 bits per heavy atom. The van der Waals surface area contributed by atoms with Crippen molar-refractivity contribution >= 4 is 11.6 Å². The molecule has 0 aliphatic carbocycles. The summed E-state index contributed by atoms with van der Waals surface area (Å²) >= 11 is 6.49. The first-order valence-electron chi connectivity index (χ1n) is 5.70. The molecule has 0 saturated carbocycles. The predicted molar refractivity (Wildman–Crippen MR) is 67.1 cm³/mol. The molecule has 1 aliphatic heterocycles. The summed E-state index contributed by atoms with van der Waals surface area (Å²) in [5.41, 5.74) is 1.01. The fourth-order valence-electron chi connectivity index (χ4n) is 2.08. The predicted octanol–water partition coefficient (Wildman–Crippen LogP) is 3.02. The van der Waals surface area contributed by atoms with Crippen LogP contribution in [0.25, 0.3) is 0 Å². The van der Waals surface area contributed by atoms with Crippen LogP contribution in [0.3, 0.4) is 0 Å². The van der Waals surface area contributed by atoms with E-state index < -0.39 is 0 Å². The van der Waals surface area contributed by atoms with E-state index in [1.807, 2.05) is 18.2 Å². The highest BCUT2D eigenvalue weighted by Crippen LogP contribution is 2.40. The Labute approximate surface area is 107 Å². The number of hydrogen-bond donors (Lipinski definition) is 0. The van der Waals surface area contributed by atoms with Crippen LogP contribution < -0.4 is 9.47 Å². The summed E-state index contributed by atoms with van der Waals surface area (Å²) in [7, 11) is 3.28. The van der Waals surface area contributed by atoms with Crippen LogP contribution in [0.2, 0.25) is 0 Å². The minimum absolute atomic E-state index is 0.0710. The molecule has 1 heterocycles. The summed E-state index contributed by atoms with van der Waals surface area (Å²) in [6.45, 7) is 1.52. The quantitative estimate of drug-likeness (QED) is 0.775. The number of alkyl halides is 1. The van der Waals surface area contributed by atoms with Gasteiger partial charge in [-0.05, 0) is 12.5 Å².